The summed E-state index contributed by atoms with van der Waals surface area (Å²) in [5.41, 5.74) is 0.208. The van der Waals surface area contributed by atoms with Crippen LogP contribution in [0.1, 0.15) is 5.56 Å². The fourth-order valence-electron chi connectivity index (χ4n) is 2.35. The van der Waals surface area contributed by atoms with Crippen molar-refractivity contribution in [2.24, 2.45) is 5.92 Å². The lowest BCUT2D eigenvalue weighted by Crippen LogP contribution is -2.43. The SMILES string of the molecule is Cc1cc(S(=O)(=O)NCC(=O)N2CCOC[C@@H](CO)C2)ccc1F. The van der Waals surface area contributed by atoms with Crippen LogP contribution >= 0.6 is 0 Å². The van der Waals surface area contributed by atoms with Crippen LogP contribution in [-0.2, 0) is 19.6 Å². The number of nitrogens with zero attached hydrogens (tertiary/aromatic N) is 1. The van der Waals surface area contributed by atoms with Crippen LogP contribution in [0, 0.1) is 18.7 Å². The molecule has 0 aliphatic carbocycles. The lowest BCUT2D eigenvalue weighted by molar-refractivity contribution is -0.130. The highest BCUT2D eigenvalue weighted by molar-refractivity contribution is 7.89. The number of aryl methyl sites for hydroxylation is 1. The van der Waals surface area contributed by atoms with Crippen LogP contribution in [-0.4, -0.2) is 63.8 Å². The van der Waals surface area contributed by atoms with Crippen LogP contribution < -0.4 is 4.72 Å². The molecule has 1 amide bonds. The van der Waals surface area contributed by atoms with Gasteiger partial charge < -0.3 is 14.7 Å². The predicted molar refractivity (Wildman–Crippen MR) is 84.3 cm³/mol. The number of rotatable bonds is 5. The summed E-state index contributed by atoms with van der Waals surface area (Å²) >= 11 is 0. The Kier molecular flexibility index (Phi) is 6.27. The number of hydrogen-bond donors (Lipinski definition) is 2. The van der Waals surface area contributed by atoms with Crippen LogP contribution in [0.15, 0.2) is 23.1 Å². The molecule has 0 aromatic heterocycles. The summed E-state index contributed by atoms with van der Waals surface area (Å²) in [5, 5.41) is 9.21. The minimum atomic E-state index is -3.91. The maximum absolute atomic E-state index is 13.2. The van der Waals surface area contributed by atoms with Crippen molar-refractivity contribution in [3.8, 4) is 0 Å². The molecule has 1 aromatic carbocycles. The molecular weight excluding hydrogens is 339 g/mol. The third-order valence-electron chi connectivity index (χ3n) is 3.80. The summed E-state index contributed by atoms with van der Waals surface area (Å²) in [7, 11) is -3.91. The van der Waals surface area contributed by atoms with E-state index in [0.29, 0.717) is 26.3 Å². The van der Waals surface area contributed by atoms with Gasteiger partial charge in [0.05, 0.1) is 24.7 Å². The number of benzene rings is 1. The lowest BCUT2D eigenvalue weighted by Gasteiger charge is -2.22. The minimum Gasteiger partial charge on any atom is -0.396 e. The Labute approximate surface area is 140 Å². The second kappa shape index (κ2) is 8.02. The van der Waals surface area contributed by atoms with Gasteiger partial charge in [0.2, 0.25) is 15.9 Å². The van der Waals surface area contributed by atoms with Crippen LogP contribution in [0.25, 0.3) is 0 Å². The number of ether oxygens (including phenoxy) is 1. The number of carbonyl (C=O) groups is 1. The van der Waals surface area contributed by atoms with Gasteiger partial charge in [-0.1, -0.05) is 0 Å². The van der Waals surface area contributed by atoms with Crippen molar-refractivity contribution in [3.63, 3.8) is 0 Å². The molecule has 24 heavy (non-hydrogen) atoms. The number of halogens is 1. The van der Waals surface area contributed by atoms with E-state index in [1.54, 1.807) is 0 Å². The summed E-state index contributed by atoms with van der Waals surface area (Å²) < 4.78 is 45.2. The van der Waals surface area contributed by atoms with Gasteiger partial charge in [0.1, 0.15) is 5.82 Å². The van der Waals surface area contributed by atoms with Gasteiger partial charge in [0.15, 0.2) is 0 Å². The zero-order valence-corrected chi connectivity index (χ0v) is 14.2. The molecule has 1 atom stereocenters. The number of aliphatic hydroxyl groups is 1. The average molecular weight is 360 g/mol. The number of carbonyl (C=O) groups excluding carboxylic acids is 1. The Bertz CT molecular complexity index is 695. The first-order chi connectivity index (χ1) is 11.3. The average Bonchev–Trinajstić information content (AvgIpc) is 2.80. The van der Waals surface area contributed by atoms with Crippen molar-refractivity contribution < 1.29 is 27.4 Å². The number of sulfonamides is 1. The molecule has 1 fully saturated rings. The summed E-state index contributed by atoms with van der Waals surface area (Å²) in [5.74, 6) is -1.08. The molecule has 2 rings (SSSR count). The van der Waals surface area contributed by atoms with Crippen LogP contribution in [0.2, 0.25) is 0 Å². The van der Waals surface area contributed by atoms with Crippen LogP contribution in [0.3, 0.4) is 0 Å². The number of aliphatic hydroxyl groups excluding tert-OH is 1. The molecule has 0 saturated carbocycles. The van der Waals surface area contributed by atoms with Crippen molar-refractivity contribution in [2.75, 3.05) is 39.5 Å². The number of amides is 1. The Balaban J connectivity index is 2.00. The van der Waals surface area contributed by atoms with Gasteiger partial charge in [-0.2, -0.15) is 0 Å². The molecule has 134 valence electrons. The van der Waals surface area contributed by atoms with E-state index in [4.69, 9.17) is 4.74 Å². The lowest BCUT2D eigenvalue weighted by atomic mass is 10.1. The molecule has 1 aromatic rings. The van der Waals surface area contributed by atoms with E-state index in [2.05, 4.69) is 4.72 Å². The smallest absolute Gasteiger partial charge is 0.241 e. The van der Waals surface area contributed by atoms with Crippen LogP contribution in [0.5, 0.6) is 0 Å². The normalized spacial score (nSPS) is 19.1. The van der Waals surface area contributed by atoms with Crippen molar-refractivity contribution >= 4 is 15.9 Å². The summed E-state index contributed by atoms with van der Waals surface area (Å²) in [6, 6.07) is 3.43. The molecule has 1 heterocycles. The first kappa shape index (κ1) is 18.8. The maximum Gasteiger partial charge on any atom is 0.241 e. The Morgan fingerprint density at radius 1 is 1.50 bits per heavy atom. The number of hydrogen-bond acceptors (Lipinski definition) is 5. The van der Waals surface area contributed by atoms with E-state index in [0.717, 1.165) is 12.1 Å². The molecule has 1 aliphatic heterocycles. The van der Waals surface area contributed by atoms with Gasteiger partial charge >= 0.3 is 0 Å². The second-order valence-electron chi connectivity index (χ2n) is 5.70. The van der Waals surface area contributed by atoms with Crippen molar-refractivity contribution in [3.05, 3.63) is 29.6 Å². The molecule has 0 unspecified atom stereocenters. The highest BCUT2D eigenvalue weighted by atomic mass is 32.2. The van der Waals surface area contributed by atoms with E-state index >= 15 is 0 Å². The van der Waals surface area contributed by atoms with Gasteiger partial charge in [-0.25, -0.2) is 17.5 Å². The molecule has 0 spiro atoms. The minimum absolute atomic E-state index is 0.0957. The molecule has 1 aliphatic rings. The van der Waals surface area contributed by atoms with Crippen molar-refractivity contribution in [1.82, 2.24) is 9.62 Å². The largest absolute Gasteiger partial charge is 0.396 e. The van der Waals surface area contributed by atoms with Gasteiger partial charge in [-0.15, -0.1) is 0 Å². The predicted octanol–water partition coefficient (Wildman–Crippen LogP) is -0.120. The quantitative estimate of drug-likeness (QED) is 0.763. The zero-order chi connectivity index (χ0) is 17.7. The summed E-state index contributed by atoms with van der Waals surface area (Å²) in [6.45, 7) is 2.31. The molecule has 7 nitrogen and oxygen atoms in total. The fraction of sp³-hybridized carbons (Fsp3) is 0.533. The highest BCUT2D eigenvalue weighted by Gasteiger charge is 2.24. The molecule has 1 saturated heterocycles. The summed E-state index contributed by atoms with van der Waals surface area (Å²) in [6.07, 6.45) is 0. The molecule has 2 N–H and O–H groups in total. The van der Waals surface area contributed by atoms with Gasteiger partial charge in [0, 0.05) is 25.6 Å². The van der Waals surface area contributed by atoms with Gasteiger partial charge in [-0.3, -0.25) is 4.79 Å². The molecule has 0 radical (unpaired) electrons. The number of nitrogens with one attached hydrogen (secondary N) is 1. The van der Waals surface area contributed by atoms with Crippen LogP contribution in [0.4, 0.5) is 4.39 Å². The van der Waals surface area contributed by atoms with E-state index in [-0.39, 0.29) is 23.0 Å². The first-order valence-corrected chi connectivity index (χ1v) is 9.04. The van der Waals surface area contributed by atoms with Gasteiger partial charge in [0.25, 0.3) is 0 Å². The van der Waals surface area contributed by atoms with Gasteiger partial charge in [-0.05, 0) is 30.7 Å². The standard InChI is InChI=1S/C15H21FN2O5S/c1-11-6-13(2-3-14(11)16)24(21,22)17-7-15(20)18-4-5-23-10-12(8-18)9-19/h2-3,6,12,17,19H,4-5,7-10H2,1H3/t12-/m1/s1. The zero-order valence-electron chi connectivity index (χ0n) is 13.4. The van der Waals surface area contributed by atoms with E-state index in [9.17, 15) is 22.7 Å². The summed E-state index contributed by atoms with van der Waals surface area (Å²) in [4.78, 5) is 13.6. The van der Waals surface area contributed by atoms with Crippen molar-refractivity contribution in [2.45, 2.75) is 11.8 Å². The third kappa shape index (κ3) is 4.73. The van der Waals surface area contributed by atoms with Crippen molar-refractivity contribution in [1.29, 1.82) is 0 Å². The topological polar surface area (TPSA) is 95.9 Å². The van der Waals surface area contributed by atoms with E-state index in [1.807, 2.05) is 0 Å². The second-order valence-corrected chi connectivity index (χ2v) is 7.47. The maximum atomic E-state index is 13.2. The third-order valence-corrected chi connectivity index (χ3v) is 5.20. The molecular formula is C15H21FN2O5S. The monoisotopic (exact) mass is 360 g/mol. The Hall–Kier alpha value is -1.55. The molecule has 9 heteroatoms. The fourth-order valence-corrected chi connectivity index (χ4v) is 3.41. The molecule has 0 bridgehead atoms. The van der Waals surface area contributed by atoms with E-state index in [1.165, 1.54) is 17.9 Å². The first-order valence-electron chi connectivity index (χ1n) is 7.55. The highest BCUT2D eigenvalue weighted by Crippen LogP contribution is 2.14. The Morgan fingerprint density at radius 2 is 2.25 bits per heavy atom. The Morgan fingerprint density at radius 3 is 2.92 bits per heavy atom. The van der Waals surface area contributed by atoms with E-state index < -0.39 is 28.3 Å².